The lowest BCUT2D eigenvalue weighted by Crippen LogP contribution is -2.37. The quantitative estimate of drug-likeness (QED) is 0.413. The molecule has 0 amide bonds. The number of aromatic nitrogens is 3. The monoisotopic (exact) mass is 344 g/mol. The van der Waals surface area contributed by atoms with Gasteiger partial charge in [-0.15, -0.1) is 0 Å². The number of rotatable bonds is 9. The minimum Gasteiger partial charge on any atom is -0.381 e. The van der Waals surface area contributed by atoms with Crippen LogP contribution in [0.2, 0.25) is 0 Å². The molecule has 0 unspecified atom stereocenters. The Hall–Kier alpha value is -2.41. The van der Waals surface area contributed by atoms with Crippen LogP contribution in [0.3, 0.4) is 0 Å². The van der Waals surface area contributed by atoms with Gasteiger partial charge >= 0.3 is 0 Å². The van der Waals surface area contributed by atoms with Crippen LogP contribution in [-0.4, -0.2) is 47.5 Å². The van der Waals surface area contributed by atoms with E-state index < -0.39 is 0 Å². The maximum absolute atomic E-state index is 5.57. The van der Waals surface area contributed by atoms with Gasteiger partial charge in [0.2, 0.25) is 0 Å². The fourth-order valence-corrected chi connectivity index (χ4v) is 2.21. The third kappa shape index (κ3) is 6.93. The van der Waals surface area contributed by atoms with E-state index in [4.69, 9.17) is 4.74 Å². The molecule has 0 saturated heterocycles. The molecule has 0 aliphatic heterocycles. The van der Waals surface area contributed by atoms with Crippen molar-refractivity contribution in [3.05, 3.63) is 42.5 Å². The molecule has 0 spiro atoms. The molecule has 0 radical (unpaired) electrons. The van der Waals surface area contributed by atoms with E-state index in [0.29, 0.717) is 12.5 Å². The fraction of sp³-hybridized carbons (Fsp3) is 0.500. The summed E-state index contributed by atoms with van der Waals surface area (Å²) in [6.07, 6.45) is 4.17. The van der Waals surface area contributed by atoms with E-state index >= 15 is 0 Å². The van der Waals surface area contributed by atoms with Gasteiger partial charge in [0.1, 0.15) is 12.7 Å². The molecule has 7 heteroatoms. The van der Waals surface area contributed by atoms with Crippen LogP contribution in [0.4, 0.5) is 0 Å². The van der Waals surface area contributed by atoms with E-state index in [1.807, 2.05) is 12.1 Å². The maximum Gasteiger partial charge on any atom is 0.191 e. The first-order valence-corrected chi connectivity index (χ1v) is 8.65. The summed E-state index contributed by atoms with van der Waals surface area (Å²) in [6, 6.07) is 8.18. The van der Waals surface area contributed by atoms with Gasteiger partial charge in [0.15, 0.2) is 5.96 Å². The van der Waals surface area contributed by atoms with Crippen LogP contribution in [0.5, 0.6) is 0 Å². The molecule has 136 valence electrons. The van der Waals surface area contributed by atoms with Crippen LogP contribution in [0.15, 0.2) is 41.9 Å². The largest absolute Gasteiger partial charge is 0.381 e. The number of guanidine groups is 1. The van der Waals surface area contributed by atoms with E-state index in [-0.39, 0.29) is 0 Å². The second kappa shape index (κ2) is 10.5. The second-order valence-corrected chi connectivity index (χ2v) is 6.18. The van der Waals surface area contributed by atoms with Crippen molar-refractivity contribution in [2.24, 2.45) is 10.9 Å². The van der Waals surface area contributed by atoms with E-state index in [2.05, 4.69) is 51.7 Å². The highest BCUT2D eigenvalue weighted by molar-refractivity contribution is 5.79. The predicted octanol–water partition coefficient (Wildman–Crippen LogP) is 1.99. The molecule has 0 aliphatic rings. The molecular weight excluding hydrogens is 316 g/mol. The van der Waals surface area contributed by atoms with Crippen molar-refractivity contribution < 1.29 is 4.74 Å². The minimum atomic E-state index is 0.582. The maximum atomic E-state index is 5.57. The SMILES string of the molecule is CN=C(NCCCOCC(C)C)NCc1ccc(-n2cncn2)cc1. The summed E-state index contributed by atoms with van der Waals surface area (Å²) in [5.41, 5.74) is 2.16. The van der Waals surface area contributed by atoms with E-state index in [1.165, 1.54) is 11.9 Å². The topological polar surface area (TPSA) is 76.4 Å². The van der Waals surface area contributed by atoms with Gasteiger partial charge in [-0.2, -0.15) is 5.10 Å². The highest BCUT2D eigenvalue weighted by atomic mass is 16.5. The van der Waals surface area contributed by atoms with Gasteiger partial charge in [0, 0.05) is 33.4 Å². The molecule has 2 rings (SSSR count). The van der Waals surface area contributed by atoms with E-state index in [9.17, 15) is 0 Å². The Morgan fingerprint density at radius 1 is 1.24 bits per heavy atom. The Kier molecular flexibility index (Phi) is 7.91. The van der Waals surface area contributed by atoms with Crippen molar-refractivity contribution in [1.29, 1.82) is 0 Å². The lowest BCUT2D eigenvalue weighted by atomic mass is 10.2. The van der Waals surface area contributed by atoms with Gasteiger partial charge in [-0.1, -0.05) is 26.0 Å². The zero-order valence-electron chi connectivity index (χ0n) is 15.3. The lowest BCUT2D eigenvalue weighted by Gasteiger charge is -2.12. The summed E-state index contributed by atoms with van der Waals surface area (Å²) in [6.45, 7) is 7.44. The second-order valence-electron chi connectivity index (χ2n) is 6.18. The van der Waals surface area contributed by atoms with Crippen molar-refractivity contribution in [3.8, 4) is 5.69 Å². The summed E-state index contributed by atoms with van der Waals surface area (Å²) in [5.74, 6) is 1.38. The number of hydrogen-bond donors (Lipinski definition) is 2. The number of hydrogen-bond acceptors (Lipinski definition) is 4. The van der Waals surface area contributed by atoms with Crippen LogP contribution in [-0.2, 0) is 11.3 Å². The summed E-state index contributed by atoms with van der Waals surface area (Å²) < 4.78 is 7.30. The Labute approximate surface area is 149 Å². The minimum absolute atomic E-state index is 0.582. The van der Waals surface area contributed by atoms with Gasteiger partial charge in [-0.3, -0.25) is 4.99 Å². The van der Waals surface area contributed by atoms with Crippen molar-refractivity contribution >= 4 is 5.96 Å². The van der Waals surface area contributed by atoms with Crippen LogP contribution in [0, 0.1) is 5.92 Å². The zero-order chi connectivity index (χ0) is 17.9. The van der Waals surface area contributed by atoms with Crippen LogP contribution < -0.4 is 10.6 Å². The molecular formula is C18H28N6O. The molecule has 0 bridgehead atoms. The average molecular weight is 344 g/mol. The number of benzene rings is 1. The first-order valence-electron chi connectivity index (χ1n) is 8.65. The molecule has 0 fully saturated rings. The normalized spacial score (nSPS) is 11.8. The number of nitrogens with one attached hydrogen (secondary N) is 2. The predicted molar refractivity (Wildman–Crippen MR) is 99.8 cm³/mol. The molecule has 2 aromatic rings. The molecule has 0 aliphatic carbocycles. The first-order chi connectivity index (χ1) is 12.2. The van der Waals surface area contributed by atoms with Crippen LogP contribution in [0.1, 0.15) is 25.8 Å². The van der Waals surface area contributed by atoms with Crippen molar-refractivity contribution in [2.45, 2.75) is 26.8 Å². The molecule has 0 saturated carbocycles. The van der Waals surface area contributed by atoms with E-state index in [0.717, 1.165) is 37.8 Å². The van der Waals surface area contributed by atoms with Crippen molar-refractivity contribution in [3.63, 3.8) is 0 Å². The summed E-state index contributed by atoms with van der Waals surface area (Å²) in [5, 5.41) is 10.7. The molecule has 1 heterocycles. The molecule has 25 heavy (non-hydrogen) atoms. The number of ether oxygens (including phenoxy) is 1. The van der Waals surface area contributed by atoms with Gasteiger partial charge in [-0.05, 0) is 30.0 Å². The van der Waals surface area contributed by atoms with Gasteiger partial charge in [0.05, 0.1) is 5.69 Å². The van der Waals surface area contributed by atoms with Crippen LogP contribution >= 0.6 is 0 Å². The summed E-state index contributed by atoms with van der Waals surface area (Å²) in [7, 11) is 1.78. The Bertz CT molecular complexity index is 622. The zero-order valence-corrected chi connectivity index (χ0v) is 15.3. The third-order valence-corrected chi connectivity index (χ3v) is 3.51. The molecule has 1 aromatic carbocycles. The number of aliphatic imine (C=N–C) groups is 1. The number of nitrogens with zero attached hydrogens (tertiary/aromatic N) is 4. The first kappa shape index (κ1) is 18.9. The third-order valence-electron chi connectivity index (χ3n) is 3.51. The van der Waals surface area contributed by atoms with Gasteiger partial charge in [-0.25, -0.2) is 9.67 Å². The Morgan fingerprint density at radius 3 is 2.68 bits per heavy atom. The average Bonchev–Trinajstić information content (AvgIpc) is 3.15. The van der Waals surface area contributed by atoms with E-state index in [1.54, 1.807) is 18.1 Å². The lowest BCUT2D eigenvalue weighted by molar-refractivity contribution is 0.108. The molecule has 7 nitrogen and oxygen atoms in total. The molecule has 1 aromatic heterocycles. The molecule has 0 atom stereocenters. The summed E-state index contributed by atoms with van der Waals surface area (Å²) in [4.78, 5) is 8.19. The van der Waals surface area contributed by atoms with Gasteiger partial charge < -0.3 is 15.4 Å². The van der Waals surface area contributed by atoms with Gasteiger partial charge in [0.25, 0.3) is 0 Å². The summed E-state index contributed by atoms with van der Waals surface area (Å²) >= 11 is 0. The smallest absolute Gasteiger partial charge is 0.191 e. The highest BCUT2D eigenvalue weighted by Crippen LogP contribution is 2.07. The van der Waals surface area contributed by atoms with Crippen molar-refractivity contribution in [2.75, 3.05) is 26.8 Å². The fourth-order valence-electron chi connectivity index (χ4n) is 2.21. The Balaban J connectivity index is 1.68. The Morgan fingerprint density at radius 2 is 2.04 bits per heavy atom. The standard InChI is InChI=1S/C18H28N6O/c1-15(2)12-25-10-4-9-21-18(19-3)22-11-16-5-7-17(8-6-16)24-14-20-13-23-24/h5-8,13-15H,4,9-12H2,1-3H3,(H2,19,21,22). The highest BCUT2D eigenvalue weighted by Gasteiger charge is 2.00. The van der Waals surface area contributed by atoms with Crippen LogP contribution in [0.25, 0.3) is 5.69 Å². The van der Waals surface area contributed by atoms with Crippen molar-refractivity contribution in [1.82, 2.24) is 25.4 Å². The molecule has 2 N–H and O–H groups in total.